The summed E-state index contributed by atoms with van der Waals surface area (Å²) in [7, 11) is 1.06. The molecule has 160 valence electrons. The molecule has 0 aliphatic carbocycles. The van der Waals surface area contributed by atoms with Gasteiger partial charge in [-0.15, -0.1) is 0 Å². The third-order valence-corrected chi connectivity index (χ3v) is 6.24. The number of carbonyl (C=O) groups excluding carboxylic acids is 1. The lowest BCUT2D eigenvalue weighted by Crippen LogP contribution is -2.41. The number of rotatable bonds is 6. The molecule has 0 bridgehead atoms. The Balaban J connectivity index is 2.14. The molecule has 1 aliphatic rings. The van der Waals surface area contributed by atoms with E-state index >= 15 is 0 Å². The maximum Gasteiger partial charge on any atom is 0.259 e. The number of hydrogen-bond donors (Lipinski definition) is 0. The van der Waals surface area contributed by atoms with E-state index in [9.17, 15) is 13.2 Å². The van der Waals surface area contributed by atoms with Gasteiger partial charge in [-0.2, -0.15) is 0 Å². The predicted octanol–water partition coefficient (Wildman–Crippen LogP) is 3.29. The highest BCUT2D eigenvalue weighted by Gasteiger charge is 2.33. The Morgan fingerprint density at radius 1 is 0.933 bits per heavy atom. The highest BCUT2D eigenvalue weighted by Crippen LogP contribution is 2.39. The summed E-state index contributed by atoms with van der Waals surface area (Å²) in [5.74, 6) is 0.519. The van der Waals surface area contributed by atoms with Gasteiger partial charge in [-0.05, 0) is 55.3 Å². The standard InChI is InChI=1S/C22H25NO6S/c1-14-8-15(2)10-18(9-14)23(17-6-7-30(25,26)13-17)22(24)16-11-19(27-3)21(29-5)20(12-16)28-4/h6-12,17H,13H2,1-5H3/t17-/m1/s1. The molecule has 1 amide bonds. The van der Waals surface area contributed by atoms with Crippen LogP contribution in [0, 0.1) is 13.8 Å². The largest absolute Gasteiger partial charge is 0.493 e. The van der Waals surface area contributed by atoms with Gasteiger partial charge in [0.25, 0.3) is 5.91 Å². The lowest BCUT2D eigenvalue weighted by Gasteiger charge is -2.29. The van der Waals surface area contributed by atoms with E-state index < -0.39 is 15.9 Å². The van der Waals surface area contributed by atoms with Gasteiger partial charge in [0, 0.05) is 16.7 Å². The van der Waals surface area contributed by atoms with Crippen molar-refractivity contribution in [1.29, 1.82) is 0 Å². The van der Waals surface area contributed by atoms with Crippen molar-refractivity contribution in [2.75, 3.05) is 32.0 Å². The van der Waals surface area contributed by atoms with Gasteiger partial charge >= 0.3 is 0 Å². The summed E-state index contributed by atoms with van der Waals surface area (Å²) in [5.41, 5.74) is 2.86. The second kappa shape index (κ2) is 8.39. The topological polar surface area (TPSA) is 82.1 Å². The molecule has 0 spiro atoms. The summed E-state index contributed by atoms with van der Waals surface area (Å²) >= 11 is 0. The van der Waals surface area contributed by atoms with E-state index in [0.717, 1.165) is 16.5 Å². The molecule has 0 aromatic heterocycles. The average Bonchev–Trinajstić information content (AvgIpc) is 3.05. The summed E-state index contributed by atoms with van der Waals surface area (Å²) in [5, 5.41) is 1.16. The molecule has 0 saturated carbocycles. The fourth-order valence-electron chi connectivity index (χ4n) is 3.61. The fraction of sp³-hybridized carbons (Fsp3) is 0.318. The molecule has 0 N–H and O–H groups in total. The molecule has 7 nitrogen and oxygen atoms in total. The molecule has 1 aliphatic heterocycles. The first-order chi connectivity index (χ1) is 14.2. The van der Waals surface area contributed by atoms with E-state index in [4.69, 9.17) is 14.2 Å². The summed E-state index contributed by atoms with van der Waals surface area (Å²) in [6.45, 7) is 3.86. The minimum absolute atomic E-state index is 0.170. The maximum atomic E-state index is 13.6. The second-order valence-corrected chi connectivity index (χ2v) is 9.09. The fourth-order valence-corrected chi connectivity index (χ4v) is 4.88. The van der Waals surface area contributed by atoms with Crippen molar-refractivity contribution in [3.63, 3.8) is 0 Å². The molecule has 0 saturated heterocycles. The van der Waals surface area contributed by atoms with Crippen molar-refractivity contribution in [3.05, 3.63) is 58.5 Å². The lowest BCUT2D eigenvalue weighted by molar-refractivity contribution is 0.0982. The minimum atomic E-state index is -3.36. The number of ether oxygens (including phenoxy) is 3. The monoisotopic (exact) mass is 431 g/mol. The van der Waals surface area contributed by atoms with Gasteiger partial charge in [0.2, 0.25) is 5.75 Å². The van der Waals surface area contributed by atoms with E-state index in [1.807, 2.05) is 32.0 Å². The third-order valence-electron chi connectivity index (χ3n) is 4.86. The molecule has 0 radical (unpaired) electrons. The quantitative estimate of drug-likeness (QED) is 0.698. The third kappa shape index (κ3) is 4.28. The van der Waals surface area contributed by atoms with E-state index in [2.05, 4.69) is 0 Å². The molecule has 2 aromatic rings. The first kappa shape index (κ1) is 21.7. The summed E-state index contributed by atoms with van der Waals surface area (Å²) < 4.78 is 40.2. The van der Waals surface area contributed by atoms with E-state index in [1.165, 1.54) is 26.2 Å². The van der Waals surface area contributed by atoms with Crippen molar-refractivity contribution in [2.24, 2.45) is 0 Å². The zero-order valence-electron chi connectivity index (χ0n) is 17.6. The van der Waals surface area contributed by atoms with Crippen LogP contribution in [0.25, 0.3) is 0 Å². The van der Waals surface area contributed by atoms with Crippen LogP contribution in [0.15, 0.2) is 41.8 Å². The van der Waals surface area contributed by atoms with Crippen LogP contribution in [-0.2, 0) is 9.84 Å². The van der Waals surface area contributed by atoms with Gasteiger partial charge in [-0.3, -0.25) is 4.79 Å². The van der Waals surface area contributed by atoms with Crippen LogP contribution >= 0.6 is 0 Å². The molecule has 3 rings (SSSR count). The number of amides is 1. The number of nitrogens with zero attached hydrogens (tertiary/aromatic N) is 1. The molecule has 30 heavy (non-hydrogen) atoms. The number of sulfone groups is 1. The highest BCUT2D eigenvalue weighted by atomic mass is 32.2. The van der Waals surface area contributed by atoms with Crippen LogP contribution in [0.4, 0.5) is 5.69 Å². The Morgan fingerprint density at radius 3 is 1.93 bits per heavy atom. The normalized spacial score (nSPS) is 16.9. The molecule has 8 heteroatoms. The van der Waals surface area contributed by atoms with Gasteiger partial charge in [-0.1, -0.05) is 6.07 Å². The van der Waals surface area contributed by atoms with Crippen LogP contribution in [0.5, 0.6) is 17.2 Å². The summed E-state index contributed by atoms with van der Waals surface area (Å²) in [6.07, 6.45) is 1.54. The number of carbonyl (C=O) groups is 1. The molecular weight excluding hydrogens is 406 g/mol. The molecule has 0 fully saturated rings. The zero-order chi connectivity index (χ0) is 22.1. The molecule has 1 heterocycles. The molecule has 1 atom stereocenters. The Labute approximate surface area is 176 Å². The summed E-state index contributed by atoms with van der Waals surface area (Å²) in [4.78, 5) is 15.1. The Morgan fingerprint density at radius 2 is 1.50 bits per heavy atom. The van der Waals surface area contributed by atoms with Crippen LogP contribution in [0.3, 0.4) is 0 Å². The van der Waals surface area contributed by atoms with Crippen molar-refractivity contribution in [2.45, 2.75) is 19.9 Å². The number of hydrogen-bond acceptors (Lipinski definition) is 6. The van der Waals surface area contributed by atoms with Crippen LogP contribution in [-0.4, -0.2) is 47.4 Å². The van der Waals surface area contributed by atoms with Gasteiger partial charge in [0.1, 0.15) is 0 Å². The van der Waals surface area contributed by atoms with Gasteiger partial charge in [0.05, 0.1) is 33.1 Å². The second-order valence-electron chi connectivity index (χ2n) is 7.16. The average molecular weight is 432 g/mol. The first-order valence-electron chi connectivity index (χ1n) is 9.32. The molecule has 0 unspecified atom stereocenters. The van der Waals surface area contributed by atoms with E-state index in [1.54, 1.807) is 18.2 Å². The number of aryl methyl sites for hydroxylation is 2. The molecular formula is C22H25NO6S. The van der Waals surface area contributed by atoms with Crippen LogP contribution in [0.2, 0.25) is 0 Å². The Kier molecular flexibility index (Phi) is 6.07. The number of methoxy groups -OCH3 is 3. The zero-order valence-corrected chi connectivity index (χ0v) is 18.4. The summed E-state index contributed by atoms with van der Waals surface area (Å²) in [6, 6.07) is 8.22. The van der Waals surface area contributed by atoms with Gasteiger partial charge < -0.3 is 19.1 Å². The van der Waals surface area contributed by atoms with Crippen LogP contribution in [0.1, 0.15) is 21.5 Å². The SMILES string of the molecule is COc1cc(C(=O)N(c2cc(C)cc(C)c2)[C@@H]2C=CS(=O)(=O)C2)cc(OC)c1OC. The first-order valence-corrected chi connectivity index (χ1v) is 11.0. The number of anilines is 1. The van der Waals surface area contributed by atoms with Crippen molar-refractivity contribution < 1.29 is 27.4 Å². The smallest absolute Gasteiger partial charge is 0.259 e. The van der Waals surface area contributed by atoms with Crippen molar-refractivity contribution >= 4 is 21.4 Å². The van der Waals surface area contributed by atoms with Crippen molar-refractivity contribution in [1.82, 2.24) is 0 Å². The Bertz CT molecular complexity index is 1060. The van der Waals surface area contributed by atoms with E-state index in [-0.39, 0.29) is 11.7 Å². The van der Waals surface area contributed by atoms with Crippen molar-refractivity contribution in [3.8, 4) is 17.2 Å². The lowest BCUT2D eigenvalue weighted by atomic mass is 10.1. The maximum absolute atomic E-state index is 13.6. The van der Waals surface area contributed by atoms with Crippen LogP contribution < -0.4 is 19.1 Å². The predicted molar refractivity (Wildman–Crippen MR) is 116 cm³/mol. The minimum Gasteiger partial charge on any atom is -0.493 e. The Hall–Kier alpha value is -3.00. The van der Waals surface area contributed by atoms with Gasteiger partial charge in [-0.25, -0.2) is 8.42 Å². The van der Waals surface area contributed by atoms with E-state index in [0.29, 0.717) is 28.5 Å². The highest BCUT2D eigenvalue weighted by molar-refractivity contribution is 7.94. The number of benzene rings is 2. The van der Waals surface area contributed by atoms with Gasteiger partial charge in [0.15, 0.2) is 21.3 Å². The molecule has 2 aromatic carbocycles.